The summed E-state index contributed by atoms with van der Waals surface area (Å²) < 4.78 is 0. The average molecular weight is 141 g/mol. The Kier molecular flexibility index (Phi) is 2.57. The van der Waals surface area contributed by atoms with E-state index in [-0.39, 0.29) is 0 Å². The highest BCUT2D eigenvalue weighted by Crippen LogP contribution is 2.08. The lowest BCUT2D eigenvalue weighted by Gasteiger charge is -2.09. The van der Waals surface area contributed by atoms with Gasteiger partial charge in [-0.3, -0.25) is 0 Å². The summed E-state index contributed by atoms with van der Waals surface area (Å²) in [6, 6.07) is 0.410. The van der Waals surface area contributed by atoms with Crippen LogP contribution in [-0.2, 0) is 0 Å². The normalized spacial score (nSPS) is 26.9. The molecule has 0 spiro atoms. The fourth-order valence-corrected chi connectivity index (χ4v) is 1.24. The molecule has 0 aliphatic carbocycles. The van der Waals surface area contributed by atoms with E-state index in [1.807, 2.05) is 13.2 Å². The molecule has 0 aromatic heterocycles. The van der Waals surface area contributed by atoms with E-state index in [0.717, 1.165) is 12.2 Å². The van der Waals surface area contributed by atoms with Crippen molar-refractivity contribution in [3.8, 4) is 0 Å². The molecule has 0 radical (unpaired) electrons. The summed E-state index contributed by atoms with van der Waals surface area (Å²) in [6.07, 6.45) is 4.26. The lowest BCUT2D eigenvalue weighted by atomic mass is 10.2. The molecule has 1 saturated heterocycles. The van der Waals surface area contributed by atoms with Crippen molar-refractivity contribution in [2.45, 2.75) is 18.9 Å². The molecule has 1 heterocycles. The summed E-state index contributed by atoms with van der Waals surface area (Å²) in [6.45, 7) is 1.10. The van der Waals surface area contributed by atoms with Crippen molar-refractivity contribution in [2.24, 2.45) is 5.73 Å². The summed E-state index contributed by atoms with van der Waals surface area (Å²) in [7, 11) is 1.86. The third kappa shape index (κ3) is 1.64. The van der Waals surface area contributed by atoms with Crippen LogP contribution in [0.4, 0.5) is 0 Å². The Bertz CT molecular complexity index is 125. The van der Waals surface area contributed by atoms with Crippen LogP contribution in [0.2, 0.25) is 0 Å². The third-order valence-electron chi connectivity index (χ3n) is 1.77. The Morgan fingerprint density at radius 2 is 2.60 bits per heavy atom. The van der Waals surface area contributed by atoms with E-state index in [9.17, 15) is 0 Å². The molecule has 3 heteroatoms. The zero-order chi connectivity index (χ0) is 7.40. The summed E-state index contributed by atoms with van der Waals surface area (Å²) >= 11 is 0. The number of hydrogen-bond acceptors (Lipinski definition) is 3. The van der Waals surface area contributed by atoms with E-state index < -0.39 is 0 Å². The van der Waals surface area contributed by atoms with Crippen molar-refractivity contribution >= 4 is 0 Å². The molecule has 1 rings (SSSR count). The molecule has 10 heavy (non-hydrogen) atoms. The van der Waals surface area contributed by atoms with E-state index in [0.29, 0.717) is 6.04 Å². The van der Waals surface area contributed by atoms with Crippen LogP contribution in [0, 0.1) is 0 Å². The van der Waals surface area contributed by atoms with Crippen LogP contribution < -0.4 is 16.4 Å². The molecule has 0 aromatic carbocycles. The third-order valence-corrected chi connectivity index (χ3v) is 1.77. The molecule has 1 atom stereocenters. The number of nitrogens with one attached hydrogen (secondary N) is 2. The van der Waals surface area contributed by atoms with Gasteiger partial charge in [0.25, 0.3) is 0 Å². The van der Waals surface area contributed by atoms with Gasteiger partial charge >= 0.3 is 0 Å². The first-order valence-corrected chi connectivity index (χ1v) is 3.71. The Morgan fingerprint density at radius 1 is 1.80 bits per heavy atom. The molecule has 0 saturated carbocycles. The topological polar surface area (TPSA) is 50.1 Å². The van der Waals surface area contributed by atoms with Crippen LogP contribution in [0.1, 0.15) is 12.8 Å². The minimum Gasteiger partial charge on any atom is -0.400 e. The summed E-state index contributed by atoms with van der Waals surface area (Å²) in [5, 5.41) is 6.23. The summed E-state index contributed by atoms with van der Waals surface area (Å²) in [5.41, 5.74) is 6.64. The van der Waals surface area contributed by atoms with Gasteiger partial charge in [0, 0.05) is 25.0 Å². The number of hydrogen-bond donors (Lipinski definition) is 3. The van der Waals surface area contributed by atoms with Crippen molar-refractivity contribution in [3.05, 3.63) is 11.9 Å². The van der Waals surface area contributed by atoms with Crippen LogP contribution >= 0.6 is 0 Å². The lowest BCUT2D eigenvalue weighted by Crippen LogP contribution is -2.28. The lowest BCUT2D eigenvalue weighted by molar-refractivity contribution is 0.676. The average Bonchev–Trinajstić information content (AvgIpc) is 2.38. The highest BCUT2D eigenvalue weighted by molar-refractivity contribution is 5.06. The Morgan fingerprint density at radius 3 is 3.10 bits per heavy atom. The van der Waals surface area contributed by atoms with Crippen molar-refractivity contribution in [3.63, 3.8) is 0 Å². The molecule has 58 valence electrons. The molecule has 1 fully saturated rings. The molecule has 1 aliphatic rings. The largest absolute Gasteiger partial charge is 0.400 e. The zero-order valence-corrected chi connectivity index (χ0v) is 6.35. The first-order chi connectivity index (χ1) is 4.84. The fraction of sp³-hybridized carbons (Fsp3) is 0.714. The van der Waals surface area contributed by atoms with Crippen LogP contribution in [0.3, 0.4) is 0 Å². The van der Waals surface area contributed by atoms with Crippen molar-refractivity contribution < 1.29 is 0 Å². The standard InChI is InChI=1S/C7H15N3/c1-9-5-6(8)7-3-2-4-10-7/h5,7,9-10H,2-4,8H2,1H3/b6-5-. The van der Waals surface area contributed by atoms with Gasteiger partial charge in [-0.25, -0.2) is 0 Å². The van der Waals surface area contributed by atoms with E-state index in [2.05, 4.69) is 10.6 Å². The zero-order valence-electron chi connectivity index (χ0n) is 6.35. The van der Waals surface area contributed by atoms with Gasteiger partial charge in [-0.15, -0.1) is 0 Å². The van der Waals surface area contributed by atoms with Gasteiger partial charge < -0.3 is 16.4 Å². The van der Waals surface area contributed by atoms with Crippen LogP contribution in [-0.4, -0.2) is 19.6 Å². The second-order valence-corrected chi connectivity index (χ2v) is 2.58. The van der Waals surface area contributed by atoms with E-state index in [1.165, 1.54) is 12.8 Å². The Labute approximate surface area is 61.7 Å². The fourth-order valence-electron chi connectivity index (χ4n) is 1.24. The quantitative estimate of drug-likeness (QED) is 0.497. The van der Waals surface area contributed by atoms with Gasteiger partial charge in [-0.05, 0) is 19.4 Å². The molecule has 0 aromatic rings. The highest BCUT2D eigenvalue weighted by Gasteiger charge is 2.15. The van der Waals surface area contributed by atoms with E-state index in [1.54, 1.807) is 0 Å². The minimum atomic E-state index is 0.410. The first kappa shape index (κ1) is 7.41. The molecular weight excluding hydrogens is 126 g/mol. The molecular formula is C7H15N3. The molecule has 0 bridgehead atoms. The van der Waals surface area contributed by atoms with E-state index in [4.69, 9.17) is 5.73 Å². The maximum atomic E-state index is 5.73. The van der Waals surface area contributed by atoms with Gasteiger partial charge in [0.1, 0.15) is 0 Å². The predicted molar refractivity (Wildman–Crippen MR) is 42.4 cm³/mol. The Hall–Kier alpha value is -0.700. The SMILES string of the molecule is CN/C=C(\N)C1CCCN1. The number of rotatable bonds is 2. The van der Waals surface area contributed by atoms with Gasteiger partial charge in [-0.1, -0.05) is 0 Å². The summed E-state index contributed by atoms with van der Waals surface area (Å²) in [5.74, 6) is 0. The van der Waals surface area contributed by atoms with Crippen LogP contribution in [0.25, 0.3) is 0 Å². The maximum absolute atomic E-state index is 5.73. The van der Waals surface area contributed by atoms with Gasteiger partial charge in [-0.2, -0.15) is 0 Å². The minimum absolute atomic E-state index is 0.410. The molecule has 4 N–H and O–H groups in total. The second-order valence-electron chi connectivity index (χ2n) is 2.58. The first-order valence-electron chi connectivity index (χ1n) is 3.71. The Balaban J connectivity index is 2.39. The second kappa shape index (κ2) is 3.46. The molecule has 3 nitrogen and oxygen atoms in total. The molecule has 1 aliphatic heterocycles. The highest BCUT2D eigenvalue weighted by atomic mass is 15.0. The van der Waals surface area contributed by atoms with Gasteiger partial charge in [0.15, 0.2) is 0 Å². The van der Waals surface area contributed by atoms with Crippen molar-refractivity contribution in [1.82, 2.24) is 10.6 Å². The monoisotopic (exact) mass is 141 g/mol. The molecule has 0 amide bonds. The molecule has 1 unspecified atom stereocenters. The van der Waals surface area contributed by atoms with E-state index >= 15 is 0 Å². The summed E-state index contributed by atoms with van der Waals surface area (Å²) in [4.78, 5) is 0. The van der Waals surface area contributed by atoms with Crippen molar-refractivity contribution in [1.29, 1.82) is 0 Å². The number of nitrogens with two attached hydrogens (primary N) is 1. The van der Waals surface area contributed by atoms with Gasteiger partial charge in [0.2, 0.25) is 0 Å². The van der Waals surface area contributed by atoms with Gasteiger partial charge in [0.05, 0.1) is 0 Å². The van der Waals surface area contributed by atoms with Crippen molar-refractivity contribution in [2.75, 3.05) is 13.6 Å². The van der Waals surface area contributed by atoms with Crippen LogP contribution in [0.5, 0.6) is 0 Å². The van der Waals surface area contributed by atoms with Crippen LogP contribution in [0.15, 0.2) is 11.9 Å². The predicted octanol–water partition coefficient (Wildman–Crippen LogP) is -0.242. The smallest absolute Gasteiger partial charge is 0.0482 e. The maximum Gasteiger partial charge on any atom is 0.0482 e.